The van der Waals surface area contributed by atoms with E-state index >= 15 is 0 Å². The summed E-state index contributed by atoms with van der Waals surface area (Å²) in [6.45, 7) is 13.5. The first kappa shape index (κ1) is 21.2. The van der Waals surface area contributed by atoms with Gasteiger partial charge in [0.1, 0.15) is 5.65 Å². The molecule has 0 saturated carbocycles. The molecule has 0 fully saturated rings. The average Bonchev–Trinajstić information content (AvgIpc) is 3.19. The summed E-state index contributed by atoms with van der Waals surface area (Å²) in [4.78, 5) is 5.00. The lowest BCUT2D eigenvalue weighted by atomic mass is 9.87. The molecule has 0 spiro atoms. The Kier molecular flexibility index (Phi) is 5.13. The van der Waals surface area contributed by atoms with Gasteiger partial charge in [0.15, 0.2) is 0 Å². The first-order valence-corrected chi connectivity index (χ1v) is 12.2. The molecule has 5 aromatic rings. The number of benzene rings is 3. The second-order valence-electron chi connectivity index (χ2n) is 9.57. The third kappa shape index (κ3) is 3.17. The number of pyridine rings is 1. The highest BCUT2D eigenvalue weighted by atomic mass is 79.9. The van der Waals surface area contributed by atoms with Crippen LogP contribution < -0.4 is 0 Å². The fourth-order valence-corrected chi connectivity index (χ4v) is 5.43. The molecule has 32 heavy (non-hydrogen) atoms. The Bertz CT molecular complexity index is 1480. The van der Waals surface area contributed by atoms with Gasteiger partial charge >= 0.3 is 0 Å². The summed E-state index contributed by atoms with van der Waals surface area (Å²) in [6, 6.07) is 17.9. The lowest BCUT2D eigenvalue weighted by Crippen LogP contribution is -2.03. The van der Waals surface area contributed by atoms with E-state index in [0.29, 0.717) is 11.8 Å². The predicted molar refractivity (Wildman–Crippen MR) is 141 cm³/mol. The van der Waals surface area contributed by atoms with Crippen molar-refractivity contribution in [3.63, 3.8) is 0 Å². The highest BCUT2D eigenvalue weighted by Gasteiger charge is 2.22. The van der Waals surface area contributed by atoms with Crippen LogP contribution >= 0.6 is 15.9 Å². The third-order valence-corrected chi connectivity index (χ3v) is 7.20. The van der Waals surface area contributed by atoms with E-state index in [-0.39, 0.29) is 0 Å². The summed E-state index contributed by atoms with van der Waals surface area (Å²) >= 11 is 3.76. The zero-order valence-electron chi connectivity index (χ0n) is 19.6. The van der Waals surface area contributed by atoms with Crippen LogP contribution in [-0.4, -0.2) is 9.38 Å². The first-order valence-electron chi connectivity index (χ1n) is 11.4. The Morgan fingerprint density at radius 3 is 2.00 bits per heavy atom. The zero-order chi connectivity index (χ0) is 22.7. The fourth-order valence-electron chi connectivity index (χ4n) is 4.93. The molecular weight excluding hydrogens is 456 g/mol. The summed E-state index contributed by atoms with van der Waals surface area (Å²) in [5, 5.41) is 3.74. The van der Waals surface area contributed by atoms with Crippen molar-refractivity contribution in [1.82, 2.24) is 9.38 Å². The van der Waals surface area contributed by atoms with Crippen molar-refractivity contribution in [1.29, 1.82) is 0 Å². The molecule has 0 unspecified atom stereocenters. The molecule has 0 saturated heterocycles. The number of hydrogen-bond donors (Lipinski definition) is 0. The molecule has 0 bridgehead atoms. The van der Waals surface area contributed by atoms with Gasteiger partial charge in [-0.25, -0.2) is 4.98 Å². The van der Waals surface area contributed by atoms with E-state index < -0.39 is 0 Å². The molecule has 2 heterocycles. The normalized spacial score (nSPS) is 12.2. The lowest BCUT2D eigenvalue weighted by molar-refractivity contribution is 0.834. The van der Waals surface area contributed by atoms with Crippen LogP contribution in [0.3, 0.4) is 0 Å². The molecule has 2 aromatic heterocycles. The van der Waals surface area contributed by atoms with Crippen LogP contribution in [0.5, 0.6) is 0 Å². The van der Waals surface area contributed by atoms with Gasteiger partial charge in [-0.3, -0.25) is 4.40 Å². The summed E-state index contributed by atoms with van der Waals surface area (Å²) in [5.74, 6) is 0.808. The monoisotopic (exact) mass is 484 g/mol. The zero-order valence-corrected chi connectivity index (χ0v) is 21.2. The van der Waals surface area contributed by atoms with Gasteiger partial charge in [0, 0.05) is 20.8 Å². The van der Waals surface area contributed by atoms with Gasteiger partial charge in [-0.2, -0.15) is 0 Å². The second kappa shape index (κ2) is 7.74. The molecule has 0 aliphatic carbocycles. The minimum Gasteiger partial charge on any atom is -0.292 e. The minimum atomic E-state index is 0.404. The number of nitrogens with zero attached hydrogens (tertiary/aromatic N) is 2. The van der Waals surface area contributed by atoms with Crippen LogP contribution in [-0.2, 0) is 0 Å². The van der Waals surface area contributed by atoms with Crippen LogP contribution in [0.2, 0.25) is 0 Å². The second-order valence-corrected chi connectivity index (χ2v) is 10.5. The molecule has 5 rings (SSSR count). The Labute approximate surface area is 198 Å². The molecule has 0 aliphatic rings. The van der Waals surface area contributed by atoms with Gasteiger partial charge < -0.3 is 0 Å². The summed E-state index contributed by atoms with van der Waals surface area (Å²) in [7, 11) is 0. The standard InChI is InChI=1S/C29H29BrN2/c1-16(2)23-13-20(30)14-24(17(3)4)28(23)27-15-31-29-22-10-8-7-9-21(22)25-11-18(5)19(6)12-26(25)32(27)29/h7-17H,1-6H3. The van der Waals surface area contributed by atoms with Crippen LogP contribution in [0.25, 0.3) is 38.6 Å². The van der Waals surface area contributed by atoms with Crippen molar-refractivity contribution in [3.8, 4) is 11.3 Å². The van der Waals surface area contributed by atoms with Crippen molar-refractivity contribution in [2.45, 2.75) is 53.4 Å². The van der Waals surface area contributed by atoms with Crippen LogP contribution in [0.4, 0.5) is 0 Å². The first-order chi connectivity index (χ1) is 15.3. The Morgan fingerprint density at radius 2 is 1.38 bits per heavy atom. The summed E-state index contributed by atoms with van der Waals surface area (Å²) in [5.41, 5.74) is 10.1. The number of fused-ring (bicyclic) bond motifs is 6. The quantitative estimate of drug-likeness (QED) is 0.233. The topological polar surface area (TPSA) is 17.3 Å². The maximum Gasteiger partial charge on any atom is 0.145 e. The molecular formula is C29H29BrN2. The van der Waals surface area contributed by atoms with Crippen LogP contribution in [0, 0.1) is 13.8 Å². The summed E-state index contributed by atoms with van der Waals surface area (Å²) < 4.78 is 3.54. The smallest absolute Gasteiger partial charge is 0.145 e. The van der Waals surface area contributed by atoms with E-state index in [2.05, 4.69) is 117 Å². The number of halogens is 1. The number of aryl methyl sites for hydroxylation is 2. The van der Waals surface area contributed by atoms with E-state index in [9.17, 15) is 0 Å². The number of rotatable bonds is 3. The van der Waals surface area contributed by atoms with Crippen molar-refractivity contribution in [2.75, 3.05) is 0 Å². The SMILES string of the molecule is Cc1cc2c3ccccc3c3ncc(-c4c(C(C)C)cc(Br)cc4C(C)C)n3c2cc1C. The van der Waals surface area contributed by atoms with E-state index in [1.54, 1.807) is 0 Å². The van der Waals surface area contributed by atoms with E-state index in [0.717, 1.165) is 10.1 Å². The van der Waals surface area contributed by atoms with Crippen LogP contribution in [0.1, 0.15) is 61.8 Å². The maximum absolute atomic E-state index is 5.00. The molecule has 162 valence electrons. The van der Waals surface area contributed by atoms with Gasteiger partial charge in [0.2, 0.25) is 0 Å². The predicted octanol–water partition coefficient (Wildman–Crippen LogP) is 8.93. The molecule has 3 aromatic carbocycles. The molecule has 0 aliphatic heterocycles. The highest BCUT2D eigenvalue weighted by Crippen LogP contribution is 2.41. The maximum atomic E-state index is 5.00. The Morgan fingerprint density at radius 1 is 0.781 bits per heavy atom. The minimum absolute atomic E-state index is 0.404. The Balaban J connectivity index is 2.03. The van der Waals surface area contributed by atoms with Crippen molar-refractivity contribution in [3.05, 3.63) is 81.5 Å². The number of aromatic nitrogens is 2. The average molecular weight is 485 g/mol. The lowest BCUT2D eigenvalue weighted by Gasteiger charge is -2.21. The molecule has 0 radical (unpaired) electrons. The van der Waals surface area contributed by atoms with Gasteiger partial charge in [0.05, 0.1) is 17.4 Å². The van der Waals surface area contributed by atoms with Crippen LogP contribution in [0.15, 0.2) is 59.2 Å². The molecule has 0 atom stereocenters. The van der Waals surface area contributed by atoms with Crippen molar-refractivity contribution in [2.24, 2.45) is 0 Å². The fraction of sp³-hybridized carbons (Fsp3) is 0.276. The molecule has 0 N–H and O–H groups in total. The van der Waals surface area contributed by atoms with E-state index in [4.69, 9.17) is 4.98 Å². The van der Waals surface area contributed by atoms with E-state index in [1.807, 2.05) is 0 Å². The van der Waals surface area contributed by atoms with Gasteiger partial charge in [0.25, 0.3) is 0 Å². The van der Waals surface area contributed by atoms with Crippen molar-refractivity contribution >= 4 is 43.3 Å². The molecule has 0 amide bonds. The Hall–Kier alpha value is -2.65. The van der Waals surface area contributed by atoms with Gasteiger partial charge in [-0.1, -0.05) is 67.9 Å². The molecule has 3 heteroatoms. The van der Waals surface area contributed by atoms with Gasteiger partial charge in [-0.15, -0.1) is 0 Å². The number of imidazole rings is 1. The molecule has 2 nitrogen and oxygen atoms in total. The highest BCUT2D eigenvalue weighted by molar-refractivity contribution is 9.10. The van der Waals surface area contributed by atoms with Gasteiger partial charge in [-0.05, 0) is 77.6 Å². The van der Waals surface area contributed by atoms with E-state index in [1.165, 1.54) is 55.2 Å². The summed E-state index contributed by atoms with van der Waals surface area (Å²) in [6.07, 6.45) is 2.08. The number of hydrogen-bond acceptors (Lipinski definition) is 1. The largest absolute Gasteiger partial charge is 0.292 e. The third-order valence-electron chi connectivity index (χ3n) is 6.74. The van der Waals surface area contributed by atoms with Crippen molar-refractivity contribution < 1.29 is 0 Å².